The second kappa shape index (κ2) is 4.45. The Morgan fingerprint density at radius 2 is 1.81 bits per heavy atom. The SMILES string of the molecule is CC(=O)c1cn(C2CC2)c2c(C)c(N)c(C)c(C)c2c1=O. The number of Topliss-reactive ketones (excluding diaryl/α,β-unsaturated/α-hetero) is 1. The van der Waals surface area contributed by atoms with Crippen LogP contribution in [0.2, 0.25) is 0 Å². The number of nitrogens with zero attached hydrogens (tertiary/aromatic N) is 1. The van der Waals surface area contributed by atoms with E-state index in [1.54, 1.807) is 6.20 Å². The number of nitrogens with two attached hydrogens (primary N) is 1. The highest BCUT2D eigenvalue weighted by Gasteiger charge is 2.28. The summed E-state index contributed by atoms with van der Waals surface area (Å²) < 4.78 is 2.09. The van der Waals surface area contributed by atoms with Crippen molar-refractivity contribution in [1.82, 2.24) is 4.57 Å². The predicted molar refractivity (Wildman–Crippen MR) is 85.1 cm³/mol. The van der Waals surface area contributed by atoms with Gasteiger partial charge in [0.25, 0.3) is 0 Å². The van der Waals surface area contributed by atoms with E-state index in [1.807, 2.05) is 20.8 Å². The largest absolute Gasteiger partial charge is 0.398 e. The molecule has 2 N–H and O–H groups in total. The standard InChI is InChI=1S/C17H20N2O2/c1-8-9(2)15(18)10(3)16-14(8)17(21)13(11(4)20)7-19(16)12-5-6-12/h7,12H,5-6,18H2,1-4H3. The molecule has 2 aromatic rings. The molecule has 4 nitrogen and oxygen atoms in total. The summed E-state index contributed by atoms with van der Waals surface area (Å²) in [5, 5.41) is 0.652. The minimum Gasteiger partial charge on any atom is -0.398 e. The van der Waals surface area contributed by atoms with Crippen LogP contribution < -0.4 is 11.2 Å². The second-order valence-electron chi connectivity index (χ2n) is 6.08. The lowest BCUT2D eigenvalue weighted by Crippen LogP contribution is -2.20. The van der Waals surface area contributed by atoms with Crippen LogP contribution in [0.3, 0.4) is 0 Å². The van der Waals surface area contributed by atoms with Crippen molar-refractivity contribution in [1.29, 1.82) is 0 Å². The molecule has 1 aliphatic rings. The van der Waals surface area contributed by atoms with E-state index in [9.17, 15) is 9.59 Å². The number of nitrogen functional groups attached to an aromatic ring is 1. The van der Waals surface area contributed by atoms with Gasteiger partial charge in [0.15, 0.2) is 11.2 Å². The van der Waals surface area contributed by atoms with E-state index >= 15 is 0 Å². The number of aryl methyl sites for hydroxylation is 2. The number of pyridine rings is 1. The van der Waals surface area contributed by atoms with Gasteiger partial charge in [-0.15, -0.1) is 0 Å². The Morgan fingerprint density at radius 1 is 1.19 bits per heavy atom. The van der Waals surface area contributed by atoms with Gasteiger partial charge in [-0.3, -0.25) is 9.59 Å². The minimum atomic E-state index is -0.178. The maximum absolute atomic E-state index is 12.7. The number of anilines is 1. The Labute approximate surface area is 123 Å². The van der Waals surface area contributed by atoms with Gasteiger partial charge in [0.1, 0.15) is 0 Å². The number of carbonyl (C=O) groups excluding carboxylic acids is 1. The fourth-order valence-corrected chi connectivity index (χ4v) is 3.05. The summed E-state index contributed by atoms with van der Waals surface area (Å²) in [5.41, 5.74) is 10.7. The summed E-state index contributed by atoms with van der Waals surface area (Å²) in [7, 11) is 0. The van der Waals surface area contributed by atoms with E-state index in [0.717, 1.165) is 40.7 Å². The Balaban J connectivity index is 2.59. The summed E-state index contributed by atoms with van der Waals surface area (Å²) in [6.07, 6.45) is 3.90. The molecular formula is C17H20N2O2. The third-order valence-electron chi connectivity index (χ3n) is 4.66. The van der Waals surface area contributed by atoms with Crippen molar-refractivity contribution in [2.24, 2.45) is 0 Å². The molecule has 4 heteroatoms. The molecule has 1 aromatic heterocycles. The first-order chi connectivity index (χ1) is 9.84. The predicted octanol–water partition coefficient (Wildman–Crippen LogP) is 3.05. The lowest BCUT2D eigenvalue weighted by atomic mass is 9.95. The number of rotatable bonds is 2. The Bertz CT molecular complexity index is 842. The summed E-state index contributed by atoms with van der Waals surface area (Å²) in [5.74, 6) is -0.178. The zero-order valence-corrected chi connectivity index (χ0v) is 12.9. The first-order valence-corrected chi connectivity index (χ1v) is 7.29. The Hall–Kier alpha value is -2.10. The van der Waals surface area contributed by atoms with Gasteiger partial charge in [-0.05, 0) is 57.2 Å². The number of fused-ring (bicyclic) bond motifs is 1. The van der Waals surface area contributed by atoms with E-state index < -0.39 is 0 Å². The lowest BCUT2D eigenvalue weighted by Gasteiger charge is -2.19. The molecule has 1 heterocycles. The van der Waals surface area contributed by atoms with Gasteiger partial charge in [-0.2, -0.15) is 0 Å². The molecule has 0 atom stereocenters. The number of benzene rings is 1. The van der Waals surface area contributed by atoms with E-state index in [4.69, 9.17) is 5.73 Å². The number of hydrogen-bond acceptors (Lipinski definition) is 3. The molecule has 0 unspecified atom stereocenters. The fourth-order valence-electron chi connectivity index (χ4n) is 3.05. The number of hydrogen-bond donors (Lipinski definition) is 1. The van der Waals surface area contributed by atoms with E-state index in [0.29, 0.717) is 11.4 Å². The van der Waals surface area contributed by atoms with E-state index in [1.165, 1.54) is 6.92 Å². The molecule has 0 aliphatic heterocycles. The van der Waals surface area contributed by atoms with Crippen molar-refractivity contribution in [2.45, 2.75) is 46.6 Å². The average molecular weight is 284 g/mol. The molecule has 1 aromatic carbocycles. The molecule has 3 rings (SSSR count). The molecule has 1 saturated carbocycles. The maximum Gasteiger partial charge on any atom is 0.200 e. The van der Waals surface area contributed by atoms with Gasteiger partial charge >= 0.3 is 0 Å². The van der Waals surface area contributed by atoms with Crippen LogP contribution in [0.25, 0.3) is 10.9 Å². The number of carbonyl (C=O) groups is 1. The molecule has 1 fully saturated rings. The second-order valence-corrected chi connectivity index (χ2v) is 6.08. The summed E-state index contributed by atoms with van der Waals surface area (Å²) >= 11 is 0. The molecule has 0 amide bonds. The highest BCUT2D eigenvalue weighted by molar-refractivity contribution is 6.00. The molecular weight excluding hydrogens is 264 g/mol. The molecule has 21 heavy (non-hydrogen) atoms. The van der Waals surface area contributed by atoms with Crippen LogP contribution in [-0.2, 0) is 0 Å². The zero-order chi connectivity index (χ0) is 15.5. The van der Waals surface area contributed by atoms with Crippen molar-refractivity contribution in [3.8, 4) is 0 Å². The quantitative estimate of drug-likeness (QED) is 0.681. The molecule has 0 saturated heterocycles. The van der Waals surface area contributed by atoms with Gasteiger partial charge in [-0.1, -0.05) is 0 Å². The van der Waals surface area contributed by atoms with Crippen LogP contribution in [-0.4, -0.2) is 10.4 Å². The van der Waals surface area contributed by atoms with Crippen LogP contribution in [0.15, 0.2) is 11.0 Å². The van der Waals surface area contributed by atoms with Crippen LogP contribution >= 0.6 is 0 Å². The molecule has 1 aliphatic carbocycles. The fraction of sp³-hybridized carbons (Fsp3) is 0.412. The average Bonchev–Trinajstić information content (AvgIpc) is 3.26. The third kappa shape index (κ3) is 1.89. The molecule has 110 valence electrons. The Morgan fingerprint density at radius 3 is 2.33 bits per heavy atom. The van der Waals surface area contributed by atoms with Crippen molar-refractivity contribution in [2.75, 3.05) is 5.73 Å². The first-order valence-electron chi connectivity index (χ1n) is 7.29. The smallest absolute Gasteiger partial charge is 0.200 e. The van der Waals surface area contributed by atoms with Gasteiger partial charge in [0.2, 0.25) is 0 Å². The van der Waals surface area contributed by atoms with Crippen molar-refractivity contribution >= 4 is 22.4 Å². The zero-order valence-electron chi connectivity index (χ0n) is 12.9. The molecule has 0 bridgehead atoms. The van der Waals surface area contributed by atoms with Crippen LogP contribution in [0, 0.1) is 20.8 Å². The monoisotopic (exact) mass is 284 g/mol. The van der Waals surface area contributed by atoms with Crippen LogP contribution in [0.5, 0.6) is 0 Å². The Kier molecular flexibility index (Phi) is 2.94. The summed E-state index contributed by atoms with van der Waals surface area (Å²) in [6, 6.07) is 0.381. The molecule has 0 radical (unpaired) electrons. The molecule has 0 spiro atoms. The summed E-state index contributed by atoms with van der Waals surface area (Å²) in [4.78, 5) is 24.5. The highest BCUT2D eigenvalue weighted by atomic mass is 16.1. The minimum absolute atomic E-state index is 0.168. The van der Waals surface area contributed by atoms with Gasteiger partial charge in [-0.25, -0.2) is 0 Å². The summed E-state index contributed by atoms with van der Waals surface area (Å²) in [6.45, 7) is 7.25. The highest BCUT2D eigenvalue weighted by Crippen LogP contribution is 2.39. The van der Waals surface area contributed by atoms with Gasteiger partial charge < -0.3 is 10.3 Å². The number of aromatic nitrogens is 1. The van der Waals surface area contributed by atoms with Crippen molar-refractivity contribution in [3.63, 3.8) is 0 Å². The van der Waals surface area contributed by atoms with Crippen LogP contribution in [0.1, 0.15) is 52.9 Å². The van der Waals surface area contributed by atoms with Gasteiger partial charge in [0, 0.05) is 17.9 Å². The first kappa shape index (κ1) is 13.9. The van der Waals surface area contributed by atoms with Crippen LogP contribution in [0.4, 0.5) is 5.69 Å². The van der Waals surface area contributed by atoms with Gasteiger partial charge in [0.05, 0.1) is 16.5 Å². The van der Waals surface area contributed by atoms with Crippen molar-refractivity contribution in [3.05, 3.63) is 38.7 Å². The lowest BCUT2D eigenvalue weighted by molar-refractivity contribution is 0.101. The van der Waals surface area contributed by atoms with E-state index in [-0.39, 0.29) is 16.8 Å². The third-order valence-corrected chi connectivity index (χ3v) is 4.66. The van der Waals surface area contributed by atoms with E-state index in [2.05, 4.69) is 4.57 Å². The maximum atomic E-state index is 12.7. The topological polar surface area (TPSA) is 65.1 Å². The number of ketones is 1. The van der Waals surface area contributed by atoms with Crippen molar-refractivity contribution < 1.29 is 4.79 Å². The normalized spacial score (nSPS) is 14.7.